The van der Waals surface area contributed by atoms with Gasteiger partial charge >= 0.3 is 0 Å². The summed E-state index contributed by atoms with van der Waals surface area (Å²) >= 11 is 0. The highest BCUT2D eigenvalue weighted by Crippen LogP contribution is 2.50. The van der Waals surface area contributed by atoms with Crippen molar-refractivity contribution < 1.29 is 4.74 Å². The maximum atomic E-state index is 5.61. The van der Waals surface area contributed by atoms with Gasteiger partial charge in [-0.3, -0.25) is 4.90 Å². The minimum atomic E-state index is 0.473. The van der Waals surface area contributed by atoms with Crippen molar-refractivity contribution in [2.75, 3.05) is 45.9 Å². The van der Waals surface area contributed by atoms with Crippen LogP contribution in [0.1, 0.15) is 86.0 Å². The number of hydrogen-bond donors (Lipinski definition) is 0. The van der Waals surface area contributed by atoms with Crippen LogP contribution in [0.3, 0.4) is 0 Å². The molecule has 0 spiro atoms. The Kier molecular flexibility index (Phi) is 7.22. The molecule has 3 aliphatic heterocycles. The lowest BCUT2D eigenvalue weighted by Gasteiger charge is -2.45. The van der Waals surface area contributed by atoms with Crippen LogP contribution in [0.5, 0.6) is 0 Å². The summed E-state index contributed by atoms with van der Waals surface area (Å²) in [5.74, 6) is 3.75. The molecule has 4 fully saturated rings. The standard InChI is InChI=1S/C27H50N2O/c1-26(2,3)23-8-6-12-28(19-23)18-22-16-21(22)17-27(4,5)24-9-7-13-29(20-24)25-10-14-30-15-11-25/h21-25H,6-20H2,1-5H3/t21?,22?,23-,24?/m1/s1. The van der Waals surface area contributed by atoms with Crippen molar-refractivity contribution in [1.29, 1.82) is 0 Å². The van der Waals surface area contributed by atoms with Crippen LogP contribution in [0.4, 0.5) is 0 Å². The Bertz CT molecular complexity index is 548. The summed E-state index contributed by atoms with van der Waals surface area (Å²) in [5.41, 5.74) is 0.972. The van der Waals surface area contributed by atoms with E-state index in [0.29, 0.717) is 10.8 Å². The molecule has 3 saturated heterocycles. The molecule has 30 heavy (non-hydrogen) atoms. The SMILES string of the molecule is CC(C)(CC1CC1CN1CCC[C@@H](C(C)(C)C)C1)C1CCCN(C2CCOCC2)C1. The first-order chi connectivity index (χ1) is 14.2. The second-order valence-electron chi connectivity index (χ2n) is 13.1. The molecule has 0 aromatic heterocycles. The van der Waals surface area contributed by atoms with Gasteiger partial charge < -0.3 is 9.64 Å². The van der Waals surface area contributed by atoms with Gasteiger partial charge in [0.05, 0.1) is 0 Å². The molecule has 3 nitrogen and oxygen atoms in total. The van der Waals surface area contributed by atoms with Crippen LogP contribution in [0.15, 0.2) is 0 Å². The Morgan fingerprint density at radius 1 is 0.800 bits per heavy atom. The second-order valence-corrected chi connectivity index (χ2v) is 13.1. The van der Waals surface area contributed by atoms with Crippen molar-refractivity contribution in [2.45, 2.75) is 92.0 Å². The molecule has 3 heteroatoms. The number of hydrogen-bond acceptors (Lipinski definition) is 3. The van der Waals surface area contributed by atoms with Gasteiger partial charge in [-0.25, -0.2) is 0 Å². The molecule has 0 bridgehead atoms. The zero-order chi connectivity index (χ0) is 21.4. The predicted molar refractivity (Wildman–Crippen MR) is 127 cm³/mol. The van der Waals surface area contributed by atoms with Crippen molar-refractivity contribution in [3.63, 3.8) is 0 Å². The first kappa shape index (κ1) is 23.1. The Morgan fingerprint density at radius 3 is 2.23 bits per heavy atom. The molecule has 1 saturated carbocycles. The van der Waals surface area contributed by atoms with Crippen molar-refractivity contribution in [3.05, 3.63) is 0 Å². The smallest absolute Gasteiger partial charge is 0.0480 e. The number of piperidine rings is 2. The van der Waals surface area contributed by atoms with Crippen LogP contribution < -0.4 is 0 Å². The third kappa shape index (κ3) is 5.81. The van der Waals surface area contributed by atoms with Crippen LogP contribution >= 0.6 is 0 Å². The zero-order valence-electron chi connectivity index (χ0n) is 20.8. The molecule has 3 heterocycles. The highest BCUT2D eigenvalue weighted by Gasteiger charge is 2.45. The molecule has 0 amide bonds. The quantitative estimate of drug-likeness (QED) is 0.551. The third-order valence-corrected chi connectivity index (χ3v) is 9.35. The Morgan fingerprint density at radius 2 is 1.50 bits per heavy atom. The maximum Gasteiger partial charge on any atom is 0.0480 e. The summed E-state index contributed by atoms with van der Waals surface area (Å²) in [6, 6.07) is 0.792. The molecule has 3 unspecified atom stereocenters. The number of ether oxygens (including phenoxy) is 1. The molecular weight excluding hydrogens is 368 g/mol. The van der Waals surface area contributed by atoms with Crippen molar-refractivity contribution in [3.8, 4) is 0 Å². The molecule has 4 atom stereocenters. The molecule has 0 aromatic rings. The molecule has 174 valence electrons. The Hall–Kier alpha value is -0.120. The lowest BCUT2D eigenvalue weighted by atomic mass is 9.71. The van der Waals surface area contributed by atoms with Crippen molar-refractivity contribution in [1.82, 2.24) is 9.80 Å². The van der Waals surface area contributed by atoms with E-state index in [4.69, 9.17) is 4.74 Å². The molecular formula is C27H50N2O. The van der Waals surface area contributed by atoms with E-state index < -0.39 is 0 Å². The van der Waals surface area contributed by atoms with Crippen molar-refractivity contribution in [2.24, 2.45) is 34.5 Å². The van der Waals surface area contributed by atoms with E-state index in [-0.39, 0.29) is 0 Å². The van der Waals surface area contributed by atoms with Gasteiger partial charge in [0.2, 0.25) is 0 Å². The topological polar surface area (TPSA) is 15.7 Å². The van der Waals surface area contributed by atoms with Crippen LogP contribution in [-0.4, -0.2) is 61.8 Å². The van der Waals surface area contributed by atoms with Crippen LogP contribution in [-0.2, 0) is 4.74 Å². The highest BCUT2D eigenvalue weighted by molar-refractivity contribution is 4.96. The average molecular weight is 419 g/mol. The van der Waals surface area contributed by atoms with E-state index in [1.807, 2.05) is 0 Å². The van der Waals surface area contributed by atoms with Gasteiger partial charge in [-0.2, -0.15) is 0 Å². The van der Waals surface area contributed by atoms with Gasteiger partial charge in [-0.1, -0.05) is 34.6 Å². The monoisotopic (exact) mass is 418 g/mol. The van der Waals surface area contributed by atoms with Gasteiger partial charge in [-0.15, -0.1) is 0 Å². The van der Waals surface area contributed by atoms with E-state index in [1.54, 1.807) is 0 Å². The van der Waals surface area contributed by atoms with Gasteiger partial charge in [0, 0.05) is 38.9 Å². The molecule has 0 radical (unpaired) electrons. The van der Waals surface area contributed by atoms with Crippen LogP contribution in [0.2, 0.25) is 0 Å². The maximum absolute atomic E-state index is 5.61. The van der Waals surface area contributed by atoms with Crippen molar-refractivity contribution >= 4 is 0 Å². The average Bonchev–Trinajstić information content (AvgIpc) is 3.44. The van der Waals surface area contributed by atoms with Crippen LogP contribution in [0, 0.1) is 34.5 Å². The normalized spacial score (nSPS) is 35.5. The summed E-state index contributed by atoms with van der Waals surface area (Å²) in [6.45, 7) is 21.2. The third-order valence-electron chi connectivity index (χ3n) is 9.35. The first-order valence-corrected chi connectivity index (χ1v) is 13.3. The van der Waals surface area contributed by atoms with Crippen LogP contribution in [0.25, 0.3) is 0 Å². The van der Waals surface area contributed by atoms with Gasteiger partial charge in [-0.05, 0) is 99.0 Å². The van der Waals surface area contributed by atoms with Gasteiger partial charge in [0.1, 0.15) is 0 Å². The lowest BCUT2D eigenvalue weighted by Crippen LogP contribution is -2.48. The molecule has 4 aliphatic rings. The van der Waals surface area contributed by atoms with E-state index in [1.165, 1.54) is 84.1 Å². The van der Waals surface area contributed by atoms with Gasteiger partial charge in [0.15, 0.2) is 0 Å². The number of rotatable bonds is 6. The predicted octanol–water partition coefficient (Wildman–Crippen LogP) is 5.69. The largest absolute Gasteiger partial charge is 0.381 e. The lowest BCUT2D eigenvalue weighted by molar-refractivity contribution is -0.00218. The number of nitrogens with zero attached hydrogens (tertiary/aromatic N) is 2. The highest BCUT2D eigenvalue weighted by atomic mass is 16.5. The molecule has 0 aromatic carbocycles. The fourth-order valence-corrected chi connectivity index (χ4v) is 6.91. The van der Waals surface area contributed by atoms with E-state index in [0.717, 1.165) is 42.9 Å². The summed E-state index contributed by atoms with van der Waals surface area (Å²) < 4.78 is 5.61. The Labute approximate surface area is 187 Å². The first-order valence-electron chi connectivity index (χ1n) is 13.3. The summed E-state index contributed by atoms with van der Waals surface area (Å²) in [6.07, 6.45) is 11.2. The minimum absolute atomic E-state index is 0.473. The summed E-state index contributed by atoms with van der Waals surface area (Å²) in [7, 11) is 0. The van der Waals surface area contributed by atoms with E-state index in [2.05, 4.69) is 44.4 Å². The fourth-order valence-electron chi connectivity index (χ4n) is 6.91. The molecule has 1 aliphatic carbocycles. The van der Waals surface area contributed by atoms with E-state index in [9.17, 15) is 0 Å². The molecule has 0 N–H and O–H groups in total. The second kappa shape index (κ2) is 9.40. The van der Waals surface area contributed by atoms with E-state index >= 15 is 0 Å². The Balaban J connectivity index is 1.24. The zero-order valence-corrected chi connectivity index (χ0v) is 20.8. The van der Waals surface area contributed by atoms with Gasteiger partial charge in [0.25, 0.3) is 0 Å². The summed E-state index contributed by atoms with van der Waals surface area (Å²) in [4.78, 5) is 5.66. The number of likely N-dealkylation sites (tertiary alicyclic amines) is 2. The fraction of sp³-hybridized carbons (Fsp3) is 1.00. The molecule has 4 rings (SSSR count). The summed E-state index contributed by atoms with van der Waals surface area (Å²) in [5, 5.41) is 0. The minimum Gasteiger partial charge on any atom is -0.381 e.